The van der Waals surface area contributed by atoms with Gasteiger partial charge < -0.3 is 19.3 Å². The Morgan fingerprint density at radius 3 is 2.56 bits per heavy atom. The van der Waals surface area contributed by atoms with E-state index in [4.69, 9.17) is 14.2 Å². The van der Waals surface area contributed by atoms with Gasteiger partial charge in [-0.25, -0.2) is 0 Å². The second-order valence-corrected chi connectivity index (χ2v) is 7.74. The monoisotopic (exact) mass is 458 g/mol. The van der Waals surface area contributed by atoms with Crippen LogP contribution in [0, 0.1) is 0 Å². The van der Waals surface area contributed by atoms with Crippen LogP contribution in [-0.2, 0) is 9.59 Å². The number of amides is 1. The number of benzene rings is 2. The van der Waals surface area contributed by atoms with E-state index in [9.17, 15) is 14.7 Å². The number of fused-ring (bicyclic) bond motifs is 1. The molecule has 1 amide bonds. The van der Waals surface area contributed by atoms with Gasteiger partial charge in [0.1, 0.15) is 24.7 Å². The van der Waals surface area contributed by atoms with Crippen molar-refractivity contribution >= 4 is 23.1 Å². The third-order valence-electron chi connectivity index (χ3n) is 5.69. The van der Waals surface area contributed by atoms with Crippen molar-refractivity contribution in [2.45, 2.75) is 13.0 Å². The number of carbonyl (C=O) groups is 2. The Labute approximate surface area is 196 Å². The Balaban J connectivity index is 1.64. The first-order valence-electron chi connectivity index (χ1n) is 10.9. The van der Waals surface area contributed by atoms with Crippen molar-refractivity contribution < 1.29 is 28.9 Å². The van der Waals surface area contributed by atoms with Crippen LogP contribution in [-0.4, -0.2) is 41.6 Å². The van der Waals surface area contributed by atoms with Crippen LogP contribution in [0.15, 0.2) is 72.6 Å². The molecule has 34 heavy (non-hydrogen) atoms. The van der Waals surface area contributed by atoms with Crippen LogP contribution in [0.5, 0.6) is 17.2 Å². The molecular formula is C26H22N2O6. The number of Topliss-reactive ketones (excluding diaryl/α,β-unsaturated/α-hetero) is 1. The molecule has 0 bridgehead atoms. The molecule has 0 saturated carbocycles. The molecule has 2 aliphatic heterocycles. The number of aliphatic hydroxyl groups is 1. The zero-order valence-electron chi connectivity index (χ0n) is 18.4. The van der Waals surface area contributed by atoms with Crippen molar-refractivity contribution in [2.75, 3.05) is 24.7 Å². The third-order valence-corrected chi connectivity index (χ3v) is 5.69. The molecule has 2 aliphatic rings. The Hall–Kier alpha value is -4.33. The summed E-state index contributed by atoms with van der Waals surface area (Å²) in [5, 5.41) is 11.3. The normalized spacial score (nSPS) is 18.7. The number of ketones is 1. The van der Waals surface area contributed by atoms with Crippen molar-refractivity contribution in [3.8, 4) is 17.2 Å². The average molecular weight is 458 g/mol. The van der Waals surface area contributed by atoms with Crippen LogP contribution in [0.2, 0.25) is 0 Å². The van der Waals surface area contributed by atoms with Crippen LogP contribution in [0.25, 0.3) is 5.76 Å². The van der Waals surface area contributed by atoms with Gasteiger partial charge in [-0.2, -0.15) is 0 Å². The van der Waals surface area contributed by atoms with E-state index in [-0.39, 0.29) is 11.3 Å². The smallest absolute Gasteiger partial charge is 0.300 e. The summed E-state index contributed by atoms with van der Waals surface area (Å²) >= 11 is 0. The van der Waals surface area contributed by atoms with Gasteiger partial charge in [0.15, 0.2) is 11.5 Å². The van der Waals surface area contributed by atoms with Gasteiger partial charge >= 0.3 is 0 Å². The molecule has 172 valence electrons. The summed E-state index contributed by atoms with van der Waals surface area (Å²) in [5.41, 5.74) is 1.42. The lowest BCUT2D eigenvalue weighted by atomic mass is 9.96. The van der Waals surface area contributed by atoms with Crippen LogP contribution in [0.1, 0.15) is 24.1 Å². The molecule has 1 atom stereocenters. The van der Waals surface area contributed by atoms with Gasteiger partial charge in [-0.05, 0) is 61.0 Å². The number of hydrogen-bond acceptors (Lipinski definition) is 7. The highest BCUT2D eigenvalue weighted by atomic mass is 16.6. The van der Waals surface area contributed by atoms with E-state index in [0.29, 0.717) is 53.9 Å². The summed E-state index contributed by atoms with van der Waals surface area (Å²) in [6.07, 6.45) is 3.18. The minimum atomic E-state index is -0.861. The maximum atomic E-state index is 13.2. The predicted octanol–water partition coefficient (Wildman–Crippen LogP) is 3.88. The molecule has 3 aromatic rings. The summed E-state index contributed by atoms with van der Waals surface area (Å²) in [6, 6.07) is 14.4. The van der Waals surface area contributed by atoms with Gasteiger partial charge in [-0.15, -0.1) is 0 Å². The Morgan fingerprint density at radius 1 is 1.09 bits per heavy atom. The fraction of sp³-hybridized carbons (Fsp3) is 0.192. The molecule has 1 unspecified atom stereocenters. The van der Waals surface area contributed by atoms with Gasteiger partial charge in [-0.3, -0.25) is 19.5 Å². The van der Waals surface area contributed by atoms with Crippen LogP contribution in [0.4, 0.5) is 5.69 Å². The third kappa shape index (κ3) is 3.73. The van der Waals surface area contributed by atoms with Gasteiger partial charge in [0.25, 0.3) is 11.7 Å². The van der Waals surface area contributed by atoms with E-state index in [0.717, 1.165) is 0 Å². The maximum Gasteiger partial charge on any atom is 0.300 e. The van der Waals surface area contributed by atoms with Crippen LogP contribution in [0.3, 0.4) is 0 Å². The minimum Gasteiger partial charge on any atom is -0.507 e. The number of aliphatic hydroxyl groups excluding tert-OH is 1. The highest BCUT2D eigenvalue weighted by molar-refractivity contribution is 6.51. The fourth-order valence-electron chi connectivity index (χ4n) is 4.17. The summed E-state index contributed by atoms with van der Waals surface area (Å²) in [6.45, 7) is 3.21. The lowest BCUT2D eigenvalue weighted by Crippen LogP contribution is -2.29. The van der Waals surface area contributed by atoms with Crippen molar-refractivity contribution in [3.05, 3.63) is 83.7 Å². The van der Waals surface area contributed by atoms with Crippen molar-refractivity contribution in [1.29, 1.82) is 0 Å². The van der Waals surface area contributed by atoms with Gasteiger partial charge in [0.05, 0.1) is 18.2 Å². The predicted molar refractivity (Wildman–Crippen MR) is 124 cm³/mol. The molecule has 1 aromatic heterocycles. The number of carbonyl (C=O) groups excluding carboxylic acids is 2. The number of aromatic nitrogens is 1. The van der Waals surface area contributed by atoms with E-state index in [1.54, 1.807) is 67.0 Å². The second kappa shape index (κ2) is 8.90. The molecule has 3 heterocycles. The van der Waals surface area contributed by atoms with E-state index < -0.39 is 17.7 Å². The number of hydrogen-bond donors (Lipinski definition) is 1. The van der Waals surface area contributed by atoms with E-state index in [1.807, 2.05) is 6.92 Å². The van der Waals surface area contributed by atoms with Gasteiger partial charge in [-0.1, -0.05) is 6.07 Å². The minimum absolute atomic E-state index is 0.0245. The summed E-state index contributed by atoms with van der Waals surface area (Å²) in [5.74, 6) is -0.141. The SMILES string of the molecule is CCOc1ccc(N2C(=O)C(=O)/C(=C(\O)c3ccc4c(c3)OCCO4)C2c2cccnc2)cc1. The Bertz CT molecular complexity index is 1270. The molecule has 8 heteroatoms. The molecule has 0 radical (unpaired) electrons. The summed E-state index contributed by atoms with van der Waals surface area (Å²) < 4.78 is 16.7. The first-order chi connectivity index (χ1) is 16.6. The molecular weight excluding hydrogens is 436 g/mol. The quantitative estimate of drug-likeness (QED) is 0.352. The number of nitrogens with zero attached hydrogens (tertiary/aromatic N) is 2. The van der Waals surface area contributed by atoms with Crippen molar-refractivity contribution in [1.82, 2.24) is 4.98 Å². The summed E-state index contributed by atoms with van der Waals surface area (Å²) in [7, 11) is 0. The average Bonchev–Trinajstić information content (AvgIpc) is 3.15. The van der Waals surface area contributed by atoms with E-state index in [2.05, 4.69) is 4.98 Å². The molecule has 0 spiro atoms. The summed E-state index contributed by atoms with van der Waals surface area (Å²) in [4.78, 5) is 32.0. The highest BCUT2D eigenvalue weighted by Crippen LogP contribution is 2.43. The van der Waals surface area contributed by atoms with E-state index >= 15 is 0 Å². The molecule has 1 fully saturated rings. The molecule has 1 saturated heterocycles. The maximum absolute atomic E-state index is 13.2. The number of pyridine rings is 1. The largest absolute Gasteiger partial charge is 0.507 e. The second-order valence-electron chi connectivity index (χ2n) is 7.74. The Kier molecular flexibility index (Phi) is 5.63. The first-order valence-corrected chi connectivity index (χ1v) is 10.9. The van der Waals surface area contributed by atoms with Gasteiger partial charge in [0.2, 0.25) is 0 Å². The van der Waals surface area contributed by atoms with Crippen LogP contribution < -0.4 is 19.1 Å². The molecule has 1 N–H and O–H groups in total. The number of rotatable bonds is 5. The standard InChI is InChI=1S/C26H22N2O6/c1-2-32-19-8-6-18(7-9-19)28-23(17-4-3-11-27-15-17)22(25(30)26(28)31)24(29)16-5-10-20-21(14-16)34-13-12-33-20/h3-11,14-15,23,29H,2,12-13H2,1H3/b24-22-. The molecule has 0 aliphatic carbocycles. The molecule has 8 nitrogen and oxygen atoms in total. The van der Waals surface area contributed by atoms with Crippen molar-refractivity contribution in [2.24, 2.45) is 0 Å². The molecule has 5 rings (SSSR count). The van der Waals surface area contributed by atoms with Crippen LogP contribution >= 0.6 is 0 Å². The number of anilines is 1. The topological polar surface area (TPSA) is 98.2 Å². The zero-order valence-corrected chi connectivity index (χ0v) is 18.4. The van der Waals surface area contributed by atoms with Gasteiger partial charge in [0, 0.05) is 23.6 Å². The highest BCUT2D eigenvalue weighted by Gasteiger charge is 2.47. The Morgan fingerprint density at radius 2 is 1.85 bits per heavy atom. The lowest BCUT2D eigenvalue weighted by molar-refractivity contribution is -0.132. The molecule has 2 aromatic carbocycles. The zero-order chi connectivity index (χ0) is 23.7. The van der Waals surface area contributed by atoms with Crippen molar-refractivity contribution in [3.63, 3.8) is 0 Å². The van der Waals surface area contributed by atoms with E-state index in [1.165, 1.54) is 4.90 Å². The fourth-order valence-corrected chi connectivity index (χ4v) is 4.17. The number of ether oxygens (including phenoxy) is 3. The lowest BCUT2D eigenvalue weighted by Gasteiger charge is -2.25. The first kappa shape index (κ1) is 21.5.